The highest BCUT2D eigenvalue weighted by molar-refractivity contribution is 5.79. The van der Waals surface area contributed by atoms with Gasteiger partial charge in [0.05, 0.1) is 6.54 Å². The SMILES string of the molecule is C=CCNC(=NCc1ccc(N2CCC(CO)CC2)cc1)NCC. The van der Waals surface area contributed by atoms with Gasteiger partial charge in [-0.25, -0.2) is 4.99 Å². The van der Waals surface area contributed by atoms with Crippen molar-refractivity contribution in [1.29, 1.82) is 0 Å². The van der Waals surface area contributed by atoms with Crippen LogP contribution in [-0.2, 0) is 6.54 Å². The normalized spacial score (nSPS) is 16.1. The van der Waals surface area contributed by atoms with E-state index in [4.69, 9.17) is 0 Å². The summed E-state index contributed by atoms with van der Waals surface area (Å²) in [5.41, 5.74) is 2.45. The van der Waals surface area contributed by atoms with E-state index in [1.165, 1.54) is 11.3 Å². The summed E-state index contributed by atoms with van der Waals surface area (Å²) in [7, 11) is 0. The van der Waals surface area contributed by atoms with Gasteiger partial charge in [-0.2, -0.15) is 0 Å². The van der Waals surface area contributed by atoms with E-state index < -0.39 is 0 Å². The second-order valence-electron chi connectivity index (χ2n) is 6.14. The van der Waals surface area contributed by atoms with Gasteiger partial charge in [0, 0.05) is 38.5 Å². The van der Waals surface area contributed by atoms with Gasteiger partial charge in [-0.3, -0.25) is 0 Å². The molecule has 1 aliphatic heterocycles. The summed E-state index contributed by atoms with van der Waals surface area (Å²) in [6.45, 7) is 10.3. The molecule has 0 spiro atoms. The summed E-state index contributed by atoms with van der Waals surface area (Å²) in [5, 5.41) is 15.7. The van der Waals surface area contributed by atoms with Crippen LogP contribution in [0.25, 0.3) is 0 Å². The average Bonchev–Trinajstić information content (AvgIpc) is 2.64. The van der Waals surface area contributed by atoms with Crippen LogP contribution in [0.2, 0.25) is 0 Å². The maximum Gasteiger partial charge on any atom is 0.191 e. The number of nitrogens with one attached hydrogen (secondary N) is 2. The van der Waals surface area contributed by atoms with Crippen LogP contribution < -0.4 is 15.5 Å². The molecule has 0 saturated carbocycles. The van der Waals surface area contributed by atoms with E-state index in [1.54, 1.807) is 0 Å². The number of aliphatic hydroxyl groups is 1. The monoisotopic (exact) mass is 330 g/mol. The molecule has 1 saturated heterocycles. The third-order valence-corrected chi connectivity index (χ3v) is 4.35. The molecular weight excluding hydrogens is 300 g/mol. The van der Waals surface area contributed by atoms with Crippen molar-refractivity contribution in [3.63, 3.8) is 0 Å². The quantitative estimate of drug-likeness (QED) is 0.407. The van der Waals surface area contributed by atoms with Gasteiger partial charge in [0.25, 0.3) is 0 Å². The van der Waals surface area contributed by atoms with Crippen molar-refractivity contribution in [3.8, 4) is 0 Å². The average molecular weight is 330 g/mol. The van der Waals surface area contributed by atoms with E-state index in [1.807, 2.05) is 6.08 Å². The summed E-state index contributed by atoms with van der Waals surface area (Å²) in [6, 6.07) is 8.64. The number of aliphatic imine (C=N–C) groups is 1. The Morgan fingerprint density at radius 3 is 2.58 bits per heavy atom. The molecule has 0 aliphatic carbocycles. The highest BCUT2D eigenvalue weighted by atomic mass is 16.3. The van der Waals surface area contributed by atoms with Crippen molar-refractivity contribution in [2.45, 2.75) is 26.3 Å². The van der Waals surface area contributed by atoms with Crippen molar-refractivity contribution in [2.24, 2.45) is 10.9 Å². The molecule has 1 aromatic carbocycles. The van der Waals surface area contributed by atoms with Gasteiger partial charge in [0.2, 0.25) is 0 Å². The Labute approximate surface area is 145 Å². The highest BCUT2D eigenvalue weighted by Crippen LogP contribution is 2.23. The summed E-state index contributed by atoms with van der Waals surface area (Å²) >= 11 is 0. The predicted octanol–water partition coefficient (Wildman–Crippen LogP) is 2.14. The Morgan fingerprint density at radius 2 is 2.00 bits per heavy atom. The molecule has 3 N–H and O–H groups in total. The first-order valence-electron chi connectivity index (χ1n) is 8.84. The number of hydrogen-bond donors (Lipinski definition) is 3. The van der Waals surface area contributed by atoms with Crippen LogP contribution in [0.4, 0.5) is 5.69 Å². The minimum atomic E-state index is 0.318. The van der Waals surface area contributed by atoms with Gasteiger partial charge in [-0.05, 0) is 43.4 Å². The number of anilines is 1. The van der Waals surface area contributed by atoms with Crippen molar-refractivity contribution in [2.75, 3.05) is 37.7 Å². The first-order valence-corrected chi connectivity index (χ1v) is 8.84. The van der Waals surface area contributed by atoms with Crippen molar-refractivity contribution in [3.05, 3.63) is 42.5 Å². The molecule has 5 nitrogen and oxygen atoms in total. The lowest BCUT2D eigenvalue weighted by molar-refractivity contribution is 0.203. The fourth-order valence-corrected chi connectivity index (χ4v) is 2.87. The van der Waals surface area contributed by atoms with Crippen LogP contribution in [0, 0.1) is 5.92 Å². The summed E-state index contributed by atoms with van der Waals surface area (Å²) in [4.78, 5) is 6.99. The van der Waals surface area contributed by atoms with E-state index >= 15 is 0 Å². The lowest BCUT2D eigenvalue weighted by Crippen LogP contribution is -2.37. The third-order valence-electron chi connectivity index (χ3n) is 4.35. The minimum Gasteiger partial charge on any atom is -0.396 e. The van der Waals surface area contributed by atoms with Crippen molar-refractivity contribution >= 4 is 11.6 Å². The van der Waals surface area contributed by atoms with E-state index in [-0.39, 0.29) is 0 Å². The smallest absolute Gasteiger partial charge is 0.191 e. The van der Waals surface area contributed by atoms with E-state index in [0.29, 0.717) is 25.6 Å². The molecule has 1 heterocycles. The fourth-order valence-electron chi connectivity index (χ4n) is 2.87. The molecule has 0 atom stereocenters. The standard InChI is InChI=1S/C19H30N4O/c1-3-11-21-19(20-4-2)22-14-16-5-7-18(8-6-16)23-12-9-17(15-24)10-13-23/h3,5-8,17,24H,1,4,9-15H2,2H3,(H2,20,21,22). The largest absolute Gasteiger partial charge is 0.396 e. The molecule has 0 radical (unpaired) electrons. The van der Waals surface area contributed by atoms with Gasteiger partial charge >= 0.3 is 0 Å². The zero-order valence-electron chi connectivity index (χ0n) is 14.7. The topological polar surface area (TPSA) is 59.9 Å². The molecule has 1 aromatic rings. The summed E-state index contributed by atoms with van der Waals surface area (Å²) in [5.74, 6) is 1.29. The van der Waals surface area contributed by atoms with Crippen LogP contribution in [0.15, 0.2) is 41.9 Å². The molecule has 1 aliphatic rings. The zero-order chi connectivity index (χ0) is 17.2. The molecular formula is C19H30N4O. The second kappa shape index (κ2) is 9.98. The molecule has 0 aromatic heterocycles. The Balaban J connectivity index is 1.90. The first kappa shape index (κ1) is 18.3. The third kappa shape index (κ3) is 5.57. The Hall–Kier alpha value is -2.01. The number of nitrogens with zero attached hydrogens (tertiary/aromatic N) is 2. The molecule has 0 amide bonds. The Bertz CT molecular complexity index is 519. The molecule has 2 rings (SSSR count). The van der Waals surface area contributed by atoms with Crippen molar-refractivity contribution < 1.29 is 5.11 Å². The highest BCUT2D eigenvalue weighted by Gasteiger charge is 2.18. The Morgan fingerprint density at radius 1 is 1.29 bits per heavy atom. The first-order chi connectivity index (χ1) is 11.8. The van der Waals surface area contributed by atoms with E-state index in [0.717, 1.165) is 38.4 Å². The van der Waals surface area contributed by atoms with Crippen molar-refractivity contribution in [1.82, 2.24) is 10.6 Å². The molecule has 5 heteroatoms. The fraction of sp³-hybridized carbons (Fsp3) is 0.526. The van der Waals surface area contributed by atoms with Crippen LogP contribution in [0.5, 0.6) is 0 Å². The summed E-state index contributed by atoms with van der Waals surface area (Å²) < 4.78 is 0. The lowest BCUT2D eigenvalue weighted by atomic mass is 9.97. The van der Waals surface area contributed by atoms with E-state index in [2.05, 4.69) is 58.3 Å². The number of hydrogen-bond acceptors (Lipinski definition) is 3. The zero-order valence-corrected chi connectivity index (χ0v) is 14.7. The van der Waals surface area contributed by atoms with Gasteiger partial charge in [0.15, 0.2) is 5.96 Å². The maximum atomic E-state index is 9.23. The molecule has 24 heavy (non-hydrogen) atoms. The van der Waals surface area contributed by atoms with Gasteiger partial charge in [-0.15, -0.1) is 6.58 Å². The van der Waals surface area contributed by atoms with Gasteiger partial charge in [-0.1, -0.05) is 18.2 Å². The number of aliphatic hydroxyl groups excluding tert-OH is 1. The molecule has 0 bridgehead atoms. The second-order valence-corrected chi connectivity index (χ2v) is 6.14. The maximum absolute atomic E-state index is 9.23. The van der Waals surface area contributed by atoms with Gasteiger partial charge in [0.1, 0.15) is 0 Å². The van der Waals surface area contributed by atoms with E-state index in [9.17, 15) is 5.11 Å². The number of piperidine rings is 1. The Kier molecular flexibility index (Phi) is 7.62. The molecule has 1 fully saturated rings. The predicted molar refractivity (Wildman–Crippen MR) is 101 cm³/mol. The van der Waals surface area contributed by atoms with Crippen LogP contribution in [-0.4, -0.2) is 43.9 Å². The number of benzene rings is 1. The number of guanidine groups is 1. The van der Waals surface area contributed by atoms with Crippen LogP contribution in [0.3, 0.4) is 0 Å². The molecule has 132 valence electrons. The summed E-state index contributed by atoms with van der Waals surface area (Å²) in [6.07, 6.45) is 3.97. The van der Waals surface area contributed by atoms with Gasteiger partial charge < -0.3 is 20.6 Å². The number of rotatable bonds is 7. The minimum absolute atomic E-state index is 0.318. The van der Waals surface area contributed by atoms with Crippen LogP contribution in [0.1, 0.15) is 25.3 Å². The van der Waals surface area contributed by atoms with Crippen LogP contribution >= 0.6 is 0 Å². The lowest BCUT2D eigenvalue weighted by Gasteiger charge is -2.32. The molecule has 0 unspecified atom stereocenters.